The van der Waals surface area contributed by atoms with Gasteiger partial charge >= 0.3 is 0 Å². The van der Waals surface area contributed by atoms with Crippen molar-refractivity contribution < 1.29 is 9.53 Å². The van der Waals surface area contributed by atoms with Crippen LogP contribution in [0.2, 0.25) is 5.02 Å². The van der Waals surface area contributed by atoms with Gasteiger partial charge in [0.25, 0.3) is 0 Å². The third-order valence-electron chi connectivity index (χ3n) is 5.88. The molecule has 0 unspecified atom stereocenters. The molecule has 2 saturated heterocycles. The molecule has 0 aliphatic carbocycles. The van der Waals surface area contributed by atoms with E-state index in [-0.39, 0.29) is 11.8 Å². The normalized spacial score (nSPS) is 17.3. The monoisotopic (exact) mass is 442 g/mol. The fraction of sp³-hybridized carbons (Fsp3) is 0.364. The molecule has 0 spiro atoms. The van der Waals surface area contributed by atoms with Crippen LogP contribution in [0.5, 0.6) is 5.75 Å². The summed E-state index contributed by atoms with van der Waals surface area (Å²) in [5.74, 6) is 1.09. The maximum Gasteiger partial charge on any atom is 0.229 e. The third kappa shape index (κ3) is 3.46. The first-order chi connectivity index (χ1) is 14.6. The molecular weight excluding hydrogens is 420 g/mol. The van der Waals surface area contributed by atoms with Crippen LogP contribution in [0.25, 0.3) is 10.2 Å². The van der Waals surface area contributed by atoms with Crippen molar-refractivity contribution in [2.24, 2.45) is 5.92 Å². The number of aromatic nitrogens is 1. The highest BCUT2D eigenvalue weighted by Gasteiger charge is 2.37. The summed E-state index contributed by atoms with van der Waals surface area (Å²) in [6.07, 6.45) is 0. The first kappa shape index (κ1) is 19.5. The minimum absolute atomic E-state index is 0.0470. The molecule has 3 aromatic rings. The number of methoxy groups -OCH3 is 1. The van der Waals surface area contributed by atoms with E-state index >= 15 is 0 Å². The first-order valence-electron chi connectivity index (χ1n) is 10.1. The molecule has 0 N–H and O–H groups in total. The molecule has 3 heterocycles. The van der Waals surface area contributed by atoms with Gasteiger partial charge in [-0.2, -0.15) is 0 Å². The van der Waals surface area contributed by atoms with Gasteiger partial charge in [0, 0.05) is 39.3 Å². The number of para-hydroxylation sites is 2. The average molecular weight is 443 g/mol. The number of carbonyl (C=O) groups excluding carboxylic acids is 1. The van der Waals surface area contributed by atoms with Gasteiger partial charge in [-0.15, -0.1) is 0 Å². The average Bonchev–Trinajstić information content (AvgIpc) is 3.17. The van der Waals surface area contributed by atoms with Gasteiger partial charge in [-0.3, -0.25) is 4.79 Å². The molecule has 2 aliphatic rings. The minimum atomic E-state index is 0.0470. The Morgan fingerprint density at radius 2 is 1.83 bits per heavy atom. The minimum Gasteiger partial charge on any atom is -0.494 e. The maximum absolute atomic E-state index is 13.0. The molecule has 0 radical (unpaired) electrons. The summed E-state index contributed by atoms with van der Waals surface area (Å²) in [4.78, 5) is 24.1. The smallest absolute Gasteiger partial charge is 0.229 e. The highest BCUT2D eigenvalue weighted by molar-refractivity contribution is 7.22. The Morgan fingerprint density at radius 1 is 1.07 bits per heavy atom. The molecule has 1 aromatic heterocycles. The zero-order valence-electron chi connectivity index (χ0n) is 16.8. The fourth-order valence-electron chi connectivity index (χ4n) is 4.14. The van der Waals surface area contributed by atoms with E-state index in [0.29, 0.717) is 0 Å². The zero-order valence-corrected chi connectivity index (χ0v) is 18.3. The molecule has 2 aliphatic heterocycles. The Morgan fingerprint density at radius 3 is 2.57 bits per heavy atom. The van der Waals surface area contributed by atoms with E-state index in [1.165, 1.54) is 0 Å². The van der Waals surface area contributed by atoms with Gasteiger partial charge in [-0.05, 0) is 24.3 Å². The first-order valence-corrected chi connectivity index (χ1v) is 11.3. The predicted octanol–water partition coefficient (Wildman–Crippen LogP) is 3.74. The molecule has 8 heteroatoms. The molecule has 5 rings (SSSR count). The van der Waals surface area contributed by atoms with Crippen LogP contribution in [0, 0.1) is 5.92 Å². The topological polar surface area (TPSA) is 48.9 Å². The second kappa shape index (κ2) is 7.96. The highest BCUT2D eigenvalue weighted by atomic mass is 35.5. The van der Waals surface area contributed by atoms with Crippen LogP contribution < -0.4 is 14.5 Å². The lowest BCUT2D eigenvalue weighted by Gasteiger charge is -2.43. The quantitative estimate of drug-likeness (QED) is 0.616. The number of ether oxygens (including phenoxy) is 1. The SMILES string of the molecule is COc1cccc2sc(N3CC(C(=O)N4CCN(c5ccccc5Cl)CC4)C3)nc12. The van der Waals surface area contributed by atoms with Crippen molar-refractivity contribution in [2.45, 2.75) is 0 Å². The molecule has 0 atom stereocenters. The van der Waals surface area contributed by atoms with Crippen LogP contribution in [0.1, 0.15) is 0 Å². The highest BCUT2D eigenvalue weighted by Crippen LogP contribution is 2.37. The Kier molecular flexibility index (Phi) is 5.16. The second-order valence-electron chi connectivity index (χ2n) is 7.67. The standard InChI is InChI=1S/C22H23ClN4O2S/c1-29-18-7-4-8-19-20(18)24-22(30-19)27-13-15(14-27)21(28)26-11-9-25(10-12-26)17-6-3-2-5-16(17)23/h2-8,15H,9-14H2,1H3. The van der Waals surface area contributed by atoms with Gasteiger partial charge in [-0.25, -0.2) is 4.98 Å². The number of benzene rings is 2. The number of amides is 1. The van der Waals surface area contributed by atoms with Crippen molar-refractivity contribution in [1.82, 2.24) is 9.88 Å². The molecule has 6 nitrogen and oxygen atoms in total. The van der Waals surface area contributed by atoms with Gasteiger partial charge in [-0.1, -0.05) is 41.1 Å². The Labute approximate surface area is 184 Å². The summed E-state index contributed by atoms with van der Waals surface area (Å²) in [5, 5.41) is 1.72. The molecule has 0 saturated carbocycles. The number of anilines is 2. The summed E-state index contributed by atoms with van der Waals surface area (Å²) >= 11 is 7.97. The van der Waals surface area contributed by atoms with Gasteiger partial charge in [0.05, 0.1) is 28.4 Å². The Bertz CT molecular complexity index is 1070. The van der Waals surface area contributed by atoms with Gasteiger partial charge in [0.2, 0.25) is 5.91 Å². The Balaban J connectivity index is 1.18. The van der Waals surface area contributed by atoms with Crippen molar-refractivity contribution in [2.75, 3.05) is 56.2 Å². The molecule has 0 bridgehead atoms. The number of thiazole rings is 1. The fourth-order valence-corrected chi connectivity index (χ4v) is 5.39. The van der Waals surface area contributed by atoms with E-state index in [9.17, 15) is 4.79 Å². The Hall–Kier alpha value is -2.51. The van der Waals surface area contributed by atoms with Gasteiger partial charge in [0.15, 0.2) is 5.13 Å². The summed E-state index contributed by atoms with van der Waals surface area (Å²) < 4.78 is 6.52. The predicted molar refractivity (Wildman–Crippen MR) is 122 cm³/mol. The van der Waals surface area contributed by atoms with Crippen molar-refractivity contribution in [1.29, 1.82) is 0 Å². The number of fused-ring (bicyclic) bond motifs is 1. The second-order valence-corrected chi connectivity index (χ2v) is 9.09. The summed E-state index contributed by atoms with van der Waals surface area (Å²) in [6.45, 7) is 4.54. The number of carbonyl (C=O) groups is 1. The summed E-state index contributed by atoms with van der Waals surface area (Å²) in [7, 11) is 1.66. The number of piperazine rings is 1. The number of rotatable bonds is 4. The summed E-state index contributed by atoms with van der Waals surface area (Å²) in [6, 6.07) is 13.9. The zero-order chi connectivity index (χ0) is 20.7. The largest absolute Gasteiger partial charge is 0.494 e. The van der Waals surface area contributed by atoms with Gasteiger partial charge in [0.1, 0.15) is 11.3 Å². The van der Waals surface area contributed by atoms with E-state index < -0.39 is 0 Å². The number of hydrogen-bond donors (Lipinski definition) is 0. The van der Waals surface area contributed by atoms with Gasteiger partial charge < -0.3 is 19.4 Å². The lowest BCUT2D eigenvalue weighted by Crippen LogP contribution is -2.58. The van der Waals surface area contributed by atoms with E-state index in [1.807, 2.05) is 41.3 Å². The molecule has 156 valence electrons. The summed E-state index contributed by atoms with van der Waals surface area (Å²) in [5.41, 5.74) is 1.94. The van der Waals surface area contributed by atoms with Crippen LogP contribution in [-0.4, -0.2) is 62.2 Å². The molecule has 1 amide bonds. The molecule has 2 aromatic carbocycles. The van der Waals surface area contributed by atoms with E-state index in [1.54, 1.807) is 18.4 Å². The molecular formula is C22H23ClN4O2S. The molecule has 30 heavy (non-hydrogen) atoms. The van der Waals surface area contributed by atoms with Crippen molar-refractivity contribution in [3.8, 4) is 5.75 Å². The van der Waals surface area contributed by atoms with Crippen LogP contribution in [-0.2, 0) is 4.79 Å². The maximum atomic E-state index is 13.0. The van der Waals surface area contributed by atoms with E-state index in [0.717, 1.165) is 71.1 Å². The van der Waals surface area contributed by atoms with Crippen LogP contribution in [0.3, 0.4) is 0 Å². The lowest BCUT2D eigenvalue weighted by molar-refractivity contribution is -0.136. The number of nitrogens with zero attached hydrogens (tertiary/aromatic N) is 4. The van der Waals surface area contributed by atoms with Crippen LogP contribution >= 0.6 is 22.9 Å². The van der Waals surface area contributed by atoms with E-state index in [4.69, 9.17) is 21.3 Å². The van der Waals surface area contributed by atoms with Crippen molar-refractivity contribution >= 4 is 49.9 Å². The third-order valence-corrected chi connectivity index (χ3v) is 7.28. The van der Waals surface area contributed by atoms with Crippen molar-refractivity contribution in [3.63, 3.8) is 0 Å². The molecule has 2 fully saturated rings. The van der Waals surface area contributed by atoms with Crippen LogP contribution in [0.4, 0.5) is 10.8 Å². The lowest BCUT2D eigenvalue weighted by atomic mass is 9.99. The van der Waals surface area contributed by atoms with Crippen molar-refractivity contribution in [3.05, 3.63) is 47.5 Å². The number of halogens is 1. The van der Waals surface area contributed by atoms with E-state index in [2.05, 4.69) is 15.9 Å². The van der Waals surface area contributed by atoms with Crippen LogP contribution in [0.15, 0.2) is 42.5 Å². The number of hydrogen-bond acceptors (Lipinski definition) is 6.